The Hall–Kier alpha value is -3.74. The zero-order valence-corrected chi connectivity index (χ0v) is 14.1. The first-order valence-corrected chi connectivity index (χ1v) is 8.05. The van der Waals surface area contributed by atoms with Crippen molar-refractivity contribution in [2.75, 3.05) is 5.32 Å². The van der Waals surface area contributed by atoms with Crippen molar-refractivity contribution in [3.05, 3.63) is 99.9 Å². The van der Waals surface area contributed by atoms with E-state index in [1.54, 1.807) is 18.2 Å². The molecule has 0 radical (unpaired) electrons. The van der Waals surface area contributed by atoms with Gasteiger partial charge in [0.05, 0.1) is 10.6 Å². The molecule has 0 saturated heterocycles. The van der Waals surface area contributed by atoms with Crippen LogP contribution in [0.15, 0.2) is 72.8 Å². The van der Waals surface area contributed by atoms with E-state index >= 15 is 0 Å². The summed E-state index contributed by atoms with van der Waals surface area (Å²) in [5.41, 5.74) is 0.647. The average Bonchev–Trinajstić information content (AvgIpc) is 2.69. The molecule has 0 aromatic heterocycles. The number of nitro benzene ring substituents is 1. The molecule has 0 saturated carbocycles. The number of carbonyl (C=O) groups is 1. The zero-order chi connectivity index (χ0) is 19.2. The number of ether oxygens (including phenoxy) is 1. The number of anilines is 1. The zero-order valence-electron chi connectivity index (χ0n) is 14.1. The Kier molecular flexibility index (Phi) is 5.41. The SMILES string of the molecule is O=C(Nc1cc([N+](=O)[O-])ccc1F)c1cccc(OCc2ccccc2)c1. The van der Waals surface area contributed by atoms with Crippen LogP contribution in [0.4, 0.5) is 15.8 Å². The molecule has 0 fully saturated rings. The average molecular weight is 366 g/mol. The van der Waals surface area contributed by atoms with Crippen LogP contribution in [0, 0.1) is 15.9 Å². The summed E-state index contributed by atoms with van der Waals surface area (Å²) in [4.78, 5) is 22.5. The van der Waals surface area contributed by atoms with E-state index in [2.05, 4.69) is 5.32 Å². The smallest absolute Gasteiger partial charge is 0.271 e. The summed E-state index contributed by atoms with van der Waals surface area (Å²) in [6, 6.07) is 18.9. The lowest BCUT2D eigenvalue weighted by Gasteiger charge is -2.09. The number of rotatable bonds is 6. The molecule has 6 nitrogen and oxygen atoms in total. The summed E-state index contributed by atoms with van der Waals surface area (Å²) >= 11 is 0. The summed E-state index contributed by atoms with van der Waals surface area (Å²) in [6.07, 6.45) is 0. The third kappa shape index (κ3) is 4.66. The van der Waals surface area contributed by atoms with Crippen LogP contribution >= 0.6 is 0 Å². The lowest BCUT2D eigenvalue weighted by molar-refractivity contribution is -0.384. The van der Waals surface area contributed by atoms with Crippen LogP contribution in [0.5, 0.6) is 5.75 Å². The fourth-order valence-electron chi connectivity index (χ4n) is 2.39. The Labute approximate surface area is 154 Å². The first kappa shape index (κ1) is 18.1. The van der Waals surface area contributed by atoms with E-state index in [9.17, 15) is 19.3 Å². The highest BCUT2D eigenvalue weighted by atomic mass is 19.1. The van der Waals surface area contributed by atoms with E-state index in [0.29, 0.717) is 12.4 Å². The van der Waals surface area contributed by atoms with Gasteiger partial charge in [0.25, 0.3) is 11.6 Å². The van der Waals surface area contributed by atoms with Crippen molar-refractivity contribution in [3.63, 3.8) is 0 Å². The second kappa shape index (κ2) is 8.09. The number of benzene rings is 3. The minimum Gasteiger partial charge on any atom is -0.489 e. The molecule has 0 aliphatic carbocycles. The lowest BCUT2D eigenvalue weighted by Crippen LogP contribution is -2.13. The van der Waals surface area contributed by atoms with Gasteiger partial charge in [-0.3, -0.25) is 14.9 Å². The summed E-state index contributed by atoms with van der Waals surface area (Å²) < 4.78 is 19.5. The molecule has 3 aromatic carbocycles. The number of nitrogens with one attached hydrogen (secondary N) is 1. The standard InChI is InChI=1S/C20H15FN2O4/c21-18-10-9-16(23(25)26)12-19(18)22-20(24)15-7-4-8-17(11-15)27-13-14-5-2-1-3-6-14/h1-12H,13H2,(H,22,24). The number of non-ortho nitro benzene ring substituents is 1. The number of carbonyl (C=O) groups excluding carboxylic acids is 1. The molecule has 0 aliphatic heterocycles. The molecule has 0 aliphatic rings. The van der Waals surface area contributed by atoms with Crippen molar-refractivity contribution in [2.24, 2.45) is 0 Å². The van der Waals surface area contributed by atoms with E-state index in [1.807, 2.05) is 30.3 Å². The van der Waals surface area contributed by atoms with E-state index < -0.39 is 16.6 Å². The topological polar surface area (TPSA) is 81.5 Å². The maximum absolute atomic E-state index is 13.8. The van der Waals surface area contributed by atoms with E-state index in [4.69, 9.17) is 4.74 Å². The van der Waals surface area contributed by atoms with Crippen LogP contribution < -0.4 is 10.1 Å². The maximum Gasteiger partial charge on any atom is 0.271 e. The van der Waals surface area contributed by atoms with Gasteiger partial charge in [0, 0.05) is 17.7 Å². The third-order valence-corrected chi connectivity index (χ3v) is 3.75. The van der Waals surface area contributed by atoms with Crippen LogP contribution in [0.2, 0.25) is 0 Å². The van der Waals surface area contributed by atoms with Gasteiger partial charge < -0.3 is 10.1 Å². The van der Waals surface area contributed by atoms with Gasteiger partial charge in [-0.15, -0.1) is 0 Å². The lowest BCUT2D eigenvalue weighted by atomic mass is 10.2. The second-order valence-corrected chi connectivity index (χ2v) is 5.68. The molecule has 136 valence electrons. The van der Waals surface area contributed by atoms with Gasteiger partial charge >= 0.3 is 0 Å². The number of amides is 1. The van der Waals surface area contributed by atoms with Crippen molar-refractivity contribution in [1.29, 1.82) is 0 Å². The van der Waals surface area contributed by atoms with E-state index in [1.165, 1.54) is 6.07 Å². The predicted molar refractivity (Wildman–Crippen MR) is 98.2 cm³/mol. The minimum absolute atomic E-state index is 0.242. The van der Waals surface area contributed by atoms with Crippen molar-refractivity contribution >= 4 is 17.3 Å². The van der Waals surface area contributed by atoms with Crippen LogP contribution in [0.25, 0.3) is 0 Å². The van der Waals surface area contributed by atoms with Gasteiger partial charge in [-0.25, -0.2) is 4.39 Å². The van der Waals surface area contributed by atoms with Gasteiger partial charge in [0.1, 0.15) is 18.2 Å². The first-order valence-electron chi connectivity index (χ1n) is 8.05. The first-order chi connectivity index (χ1) is 13.0. The van der Waals surface area contributed by atoms with E-state index in [0.717, 1.165) is 23.8 Å². The molecule has 3 aromatic rings. The van der Waals surface area contributed by atoms with Crippen molar-refractivity contribution < 1.29 is 18.8 Å². The molecule has 0 heterocycles. The van der Waals surface area contributed by atoms with Gasteiger partial charge in [-0.05, 0) is 29.8 Å². The molecule has 27 heavy (non-hydrogen) atoms. The highest BCUT2D eigenvalue weighted by Gasteiger charge is 2.14. The third-order valence-electron chi connectivity index (χ3n) is 3.75. The predicted octanol–water partition coefficient (Wildman–Crippen LogP) is 4.57. The van der Waals surface area contributed by atoms with Crippen LogP contribution in [-0.2, 0) is 6.61 Å². The number of nitro groups is 1. The molecule has 0 atom stereocenters. The van der Waals surface area contributed by atoms with Crippen molar-refractivity contribution in [3.8, 4) is 5.75 Å². The Morgan fingerprint density at radius 3 is 2.56 bits per heavy atom. The summed E-state index contributed by atoms with van der Waals surface area (Å²) in [5, 5.41) is 13.2. The molecule has 0 spiro atoms. The molecule has 1 amide bonds. The Morgan fingerprint density at radius 2 is 1.81 bits per heavy atom. The van der Waals surface area contributed by atoms with Crippen LogP contribution in [0.1, 0.15) is 15.9 Å². The normalized spacial score (nSPS) is 10.3. The highest BCUT2D eigenvalue weighted by Crippen LogP contribution is 2.22. The number of halogens is 1. The highest BCUT2D eigenvalue weighted by molar-refractivity contribution is 6.04. The molecule has 0 bridgehead atoms. The van der Waals surface area contributed by atoms with E-state index in [-0.39, 0.29) is 16.9 Å². The number of nitrogens with zero attached hydrogens (tertiary/aromatic N) is 1. The Bertz CT molecular complexity index is 977. The largest absolute Gasteiger partial charge is 0.489 e. The monoisotopic (exact) mass is 366 g/mol. The fourth-order valence-corrected chi connectivity index (χ4v) is 2.39. The molecule has 7 heteroatoms. The van der Waals surface area contributed by atoms with Crippen LogP contribution in [0.3, 0.4) is 0 Å². The molecule has 1 N–H and O–H groups in total. The number of hydrogen-bond acceptors (Lipinski definition) is 4. The van der Waals surface area contributed by atoms with Gasteiger partial charge in [0.2, 0.25) is 0 Å². The second-order valence-electron chi connectivity index (χ2n) is 5.68. The Balaban J connectivity index is 1.72. The van der Waals surface area contributed by atoms with Gasteiger partial charge in [-0.2, -0.15) is 0 Å². The van der Waals surface area contributed by atoms with Crippen molar-refractivity contribution in [1.82, 2.24) is 0 Å². The molecular weight excluding hydrogens is 351 g/mol. The minimum atomic E-state index is -0.759. The fraction of sp³-hybridized carbons (Fsp3) is 0.0500. The quantitative estimate of drug-likeness (QED) is 0.512. The summed E-state index contributed by atoms with van der Waals surface area (Å²) in [7, 11) is 0. The van der Waals surface area contributed by atoms with Crippen LogP contribution in [-0.4, -0.2) is 10.8 Å². The number of hydrogen-bond donors (Lipinski definition) is 1. The summed E-state index contributed by atoms with van der Waals surface area (Å²) in [5.74, 6) is -0.879. The molecule has 3 rings (SSSR count). The maximum atomic E-state index is 13.8. The van der Waals surface area contributed by atoms with Gasteiger partial charge in [0.15, 0.2) is 0 Å². The Morgan fingerprint density at radius 1 is 1.04 bits per heavy atom. The molecular formula is C20H15FN2O4. The van der Waals surface area contributed by atoms with Crippen molar-refractivity contribution in [2.45, 2.75) is 6.61 Å². The molecule has 0 unspecified atom stereocenters. The van der Waals surface area contributed by atoms with Gasteiger partial charge in [-0.1, -0.05) is 36.4 Å². The summed E-state index contributed by atoms with van der Waals surface area (Å²) in [6.45, 7) is 0.339.